The highest BCUT2D eigenvalue weighted by Crippen LogP contribution is 2.06. The largest absolute Gasteiger partial charge is 0.394 e. The molecule has 2 N–H and O–H groups in total. The Hall–Kier alpha value is -1.61. The summed E-state index contributed by atoms with van der Waals surface area (Å²) in [5.41, 5.74) is 2.28. The number of amides is 1. The molecule has 0 spiro atoms. The molecule has 0 heterocycles. The molecule has 3 heteroatoms. The van der Waals surface area contributed by atoms with Gasteiger partial charge in [-0.15, -0.1) is 0 Å². The maximum Gasteiger partial charge on any atom is 0.244 e. The minimum atomic E-state index is -0.171. The lowest BCUT2D eigenvalue weighted by molar-refractivity contribution is -0.117. The fourth-order valence-corrected chi connectivity index (χ4v) is 1.56. The van der Waals surface area contributed by atoms with E-state index in [4.69, 9.17) is 5.11 Å². The van der Waals surface area contributed by atoms with Gasteiger partial charge >= 0.3 is 0 Å². The molecule has 0 radical (unpaired) electrons. The summed E-state index contributed by atoms with van der Waals surface area (Å²) in [5, 5.41) is 11.7. The molecule has 0 unspecified atom stereocenters. The number of carbonyl (C=O) groups excluding carboxylic acids is 1. The zero-order valence-corrected chi connectivity index (χ0v) is 11.0. The molecule has 0 aromatic heterocycles. The average molecular weight is 247 g/mol. The van der Waals surface area contributed by atoms with Gasteiger partial charge in [-0.2, -0.15) is 0 Å². The average Bonchev–Trinajstić information content (AvgIpc) is 2.43. The summed E-state index contributed by atoms with van der Waals surface area (Å²) in [6.45, 7) is 4.01. The second-order valence-electron chi connectivity index (χ2n) is 4.22. The Balaban J connectivity index is 2.54. The summed E-state index contributed by atoms with van der Waals surface area (Å²) in [4.78, 5) is 11.6. The lowest BCUT2D eigenvalue weighted by atomic mass is 10.1. The molecule has 3 nitrogen and oxygen atoms in total. The smallest absolute Gasteiger partial charge is 0.244 e. The number of aliphatic hydroxyl groups is 1. The Labute approximate surface area is 109 Å². The van der Waals surface area contributed by atoms with Gasteiger partial charge in [-0.05, 0) is 30.0 Å². The number of rotatable bonds is 6. The third kappa shape index (κ3) is 4.72. The van der Waals surface area contributed by atoms with Gasteiger partial charge in [-0.25, -0.2) is 0 Å². The van der Waals surface area contributed by atoms with Crippen molar-refractivity contribution >= 4 is 12.0 Å². The highest BCUT2D eigenvalue weighted by atomic mass is 16.3. The van der Waals surface area contributed by atoms with Crippen LogP contribution in [0.4, 0.5) is 0 Å². The van der Waals surface area contributed by atoms with Crippen LogP contribution in [0.25, 0.3) is 6.08 Å². The number of aryl methyl sites for hydroxylation is 1. The molecule has 0 saturated heterocycles. The van der Waals surface area contributed by atoms with E-state index in [1.807, 2.05) is 19.1 Å². The van der Waals surface area contributed by atoms with Gasteiger partial charge in [0.15, 0.2) is 0 Å². The summed E-state index contributed by atoms with van der Waals surface area (Å²) in [6.07, 6.45) is 5.01. The number of aliphatic hydroxyl groups excluding tert-OH is 1. The van der Waals surface area contributed by atoms with Crippen LogP contribution in [0.15, 0.2) is 30.3 Å². The van der Waals surface area contributed by atoms with Crippen LogP contribution in [0, 0.1) is 0 Å². The third-order valence-corrected chi connectivity index (χ3v) is 2.87. The first kappa shape index (κ1) is 14.5. The quantitative estimate of drug-likeness (QED) is 0.757. The second-order valence-corrected chi connectivity index (χ2v) is 4.22. The highest BCUT2D eigenvalue weighted by molar-refractivity contribution is 5.91. The van der Waals surface area contributed by atoms with Gasteiger partial charge in [-0.3, -0.25) is 4.79 Å². The predicted molar refractivity (Wildman–Crippen MR) is 74.2 cm³/mol. The van der Waals surface area contributed by atoms with E-state index >= 15 is 0 Å². The van der Waals surface area contributed by atoms with Gasteiger partial charge in [0.2, 0.25) is 5.91 Å². The van der Waals surface area contributed by atoms with E-state index in [1.54, 1.807) is 6.08 Å². The van der Waals surface area contributed by atoms with Crippen molar-refractivity contribution in [3.05, 3.63) is 41.5 Å². The summed E-state index contributed by atoms with van der Waals surface area (Å²) in [6, 6.07) is 7.93. The van der Waals surface area contributed by atoms with Gasteiger partial charge in [0.1, 0.15) is 0 Å². The van der Waals surface area contributed by atoms with Crippen LogP contribution in [0.2, 0.25) is 0 Å². The SMILES string of the molecule is CCc1ccc(/C=C/C(=O)N[C@H](CC)CO)cc1. The van der Waals surface area contributed by atoms with Gasteiger partial charge in [0.25, 0.3) is 0 Å². The van der Waals surface area contributed by atoms with E-state index in [0.717, 1.165) is 18.4 Å². The van der Waals surface area contributed by atoms with Crippen LogP contribution in [-0.2, 0) is 11.2 Å². The Kier molecular flexibility index (Phi) is 6.15. The Bertz CT molecular complexity index is 391. The predicted octanol–water partition coefficient (Wildman–Crippen LogP) is 2.15. The number of nitrogens with one attached hydrogen (secondary N) is 1. The Morgan fingerprint density at radius 3 is 2.50 bits per heavy atom. The lowest BCUT2D eigenvalue weighted by Crippen LogP contribution is -2.35. The monoisotopic (exact) mass is 247 g/mol. The molecular formula is C15H21NO2. The first-order chi connectivity index (χ1) is 8.69. The minimum absolute atomic E-state index is 0.0265. The first-order valence-electron chi connectivity index (χ1n) is 6.38. The van der Waals surface area contributed by atoms with Gasteiger partial charge < -0.3 is 10.4 Å². The fourth-order valence-electron chi connectivity index (χ4n) is 1.56. The van der Waals surface area contributed by atoms with Crippen LogP contribution in [0.1, 0.15) is 31.4 Å². The normalized spacial score (nSPS) is 12.6. The van der Waals surface area contributed by atoms with Crippen molar-refractivity contribution in [1.29, 1.82) is 0 Å². The van der Waals surface area contributed by atoms with E-state index in [-0.39, 0.29) is 18.6 Å². The molecule has 0 aliphatic heterocycles. The molecule has 98 valence electrons. The van der Waals surface area contributed by atoms with E-state index in [2.05, 4.69) is 24.4 Å². The van der Waals surface area contributed by atoms with E-state index in [0.29, 0.717) is 0 Å². The molecule has 1 aromatic rings. The fraction of sp³-hybridized carbons (Fsp3) is 0.400. The molecule has 0 aliphatic carbocycles. The van der Waals surface area contributed by atoms with Crippen molar-refractivity contribution in [2.45, 2.75) is 32.7 Å². The van der Waals surface area contributed by atoms with Crippen LogP contribution in [0.3, 0.4) is 0 Å². The van der Waals surface area contributed by atoms with Crippen molar-refractivity contribution < 1.29 is 9.90 Å². The minimum Gasteiger partial charge on any atom is -0.394 e. The van der Waals surface area contributed by atoms with Crippen molar-refractivity contribution in [1.82, 2.24) is 5.32 Å². The highest BCUT2D eigenvalue weighted by Gasteiger charge is 2.05. The molecule has 1 rings (SSSR count). The van der Waals surface area contributed by atoms with Gasteiger partial charge in [0.05, 0.1) is 12.6 Å². The van der Waals surface area contributed by atoms with Crippen LogP contribution >= 0.6 is 0 Å². The Morgan fingerprint density at radius 2 is 2.00 bits per heavy atom. The molecule has 0 aliphatic rings. The van der Waals surface area contributed by atoms with Crippen molar-refractivity contribution in [2.75, 3.05) is 6.61 Å². The standard InChI is InChI=1S/C15H21NO2/c1-3-12-5-7-13(8-6-12)9-10-15(18)16-14(4-2)11-17/h5-10,14,17H,3-4,11H2,1-2H3,(H,16,18)/b10-9+/t14-/m1/s1. The molecular weight excluding hydrogens is 226 g/mol. The summed E-state index contributed by atoms with van der Waals surface area (Å²) in [7, 11) is 0. The molecule has 0 fully saturated rings. The molecule has 1 aromatic carbocycles. The zero-order chi connectivity index (χ0) is 13.4. The molecule has 1 amide bonds. The van der Waals surface area contributed by atoms with E-state index < -0.39 is 0 Å². The third-order valence-electron chi connectivity index (χ3n) is 2.87. The maximum absolute atomic E-state index is 11.6. The molecule has 0 saturated carbocycles. The Morgan fingerprint density at radius 1 is 1.33 bits per heavy atom. The van der Waals surface area contributed by atoms with Crippen molar-refractivity contribution in [3.63, 3.8) is 0 Å². The number of hydrogen-bond acceptors (Lipinski definition) is 2. The van der Waals surface area contributed by atoms with Crippen LogP contribution < -0.4 is 5.32 Å². The van der Waals surface area contributed by atoms with E-state index in [9.17, 15) is 4.79 Å². The van der Waals surface area contributed by atoms with Gasteiger partial charge in [-0.1, -0.05) is 38.1 Å². The van der Waals surface area contributed by atoms with Crippen molar-refractivity contribution in [2.24, 2.45) is 0 Å². The molecule has 18 heavy (non-hydrogen) atoms. The van der Waals surface area contributed by atoms with Crippen LogP contribution in [0.5, 0.6) is 0 Å². The summed E-state index contributed by atoms with van der Waals surface area (Å²) in [5.74, 6) is -0.171. The maximum atomic E-state index is 11.6. The molecule has 1 atom stereocenters. The number of carbonyl (C=O) groups is 1. The summed E-state index contributed by atoms with van der Waals surface area (Å²) >= 11 is 0. The first-order valence-corrected chi connectivity index (χ1v) is 6.38. The number of hydrogen-bond donors (Lipinski definition) is 2. The zero-order valence-electron chi connectivity index (χ0n) is 11.0. The number of benzene rings is 1. The topological polar surface area (TPSA) is 49.3 Å². The summed E-state index contributed by atoms with van der Waals surface area (Å²) < 4.78 is 0. The molecule has 0 bridgehead atoms. The van der Waals surface area contributed by atoms with Crippen molar-refractivity contribution in [3.8, 4) is 0 Å². The van der Waals surface area contributed by atoms with E-state index in [1.165, 1.54) is 11.6 Å². The van der Waals surface area contributed by atoms with Gasteiger partial charge in [0, 0.05) is 6.08 Å². The lowest BCUT2D eigenvalue weighted by Gasteiger charge is -2.11. The second kappa shape index (κ2) is 7.67. The van der Waals surface area contributed by atoms with Crippen LogP contribution in [-0.4, -0.2) is 23.7 Å².